The van der Waals surface area contributed by atoms with Gasteiger partial charge in [0.1, 0.15) is 0 Å². The summed E-state index contributed by atoms with van der Waals surface area (Å²) in [5.74, 6) is -0.0402. The number of nitrogens with two attached hydrogens (primary N) is 1. The first kappa shape index (κ1) is 10.7. The minimum absolute atomic E-state index is 0. The van der Waals surface area contributed by atoms with E-state index in [-0.39, 0.29) is 14.8 Å². The van der Waals surface area contributed by atoms with Crippen molar-refractivity contribution >= 4 is 5.91 Å². The van der Waals surface area contributed by atoms with E-state index in [1.165, 1.54) is 6.08 Å². The lowest BCUT2D eigenvalue weighted by atomic mass is 10.4. The van der Waals surface area contributed by atoms with Gasteiger partial charge in [0.25, 0.3) is 5.91 Å². The summed E-state index contributed by atoms with van der Waals surface area (Å²) >= 11 is 0. The summed E-state index contributed by atoms with van der Waals surface area (Å²) in [5.41, 5.74) is 8.67. The molecule has 68 valence electrons. The van der Waals surface area contributed by atoms with Crippen molar-refractivity contribution in [2.75, 3.05) is 13.1 Å². The van der Waals surface area contributed by atoms with Gasteiger partial charge in [0.05, 0.1) is 5.70 Å². The molecule has 3 heteroatoms. The van der Waals surface area contributed by atoms with Gasteiger partial charge < -0.3 is 10.6 Å². The van der Waals surface area contributed by atoms with Crippen molar-refractivity contribution in [2.24, 2.45) is 5.73 Å². The molecule has 0 radical (unpaired) electrons. The number of hydrogen-bond acceptors (Lipinski definition) is 2. The Morgan fingerprint density at radius 3 is 2.83 bits per heavy atom. The molecule has 3 nitrogen and oxygen atoms in total. The summed E-state index contributed by atoms with van der Waals surface area (Å²) in [4.78, 5) is 12.6. The predicted octanol–water partition coefficient (Wildman–Crippen LogP) is 0.894. The van der Waals surface area contributed by atoms with Gasteiger partial charge in [0.2, 0.25) is 0 Å². The molecule has 0 unspecified atom stereocenters. The van der Waals surface area contributed by atoms with Crippen molar-refractivity contribution in [3.63, 3.8) is 0 Å². The fourth-order valence-corrected chi connectivity index (χ4v) is 0.963. The van der Waals surface area contributed by atoms with Gasteiger partial charge in [-0.15, -0.1) is 5.73 Å². The summed E-state index contributed by atoms with van der Waals surface area (Å²) in [6.45, 7) is 4.45. The number of rotatable bonds is 2. The molecule has 12 heavy (non-hydrogen) atoms. The molecule has 0 aliphatic carbocycles. The minimum atomic E-state index is -0.0402. The lowest BCUT2D eigenvalue weighted by molar-refractivity contribution is -0.123. The summed E-state index contributed by atoms with van der Waals surface area (Å²) in [5, 5.41) is 0. The normalized spacial score (nSPS) is 14.6. The zero-order valence-electron chi connectivity index (χ0n) is 6.21. The topological polar surface area (TPSA) is 46.3 Å². The second kappa shape index (κ2) is 4.54. The monoisotopic (exact) mass is 168 g/mol. The van der Waals surface area contributed by atoms with E-state index in [1.54, 1.807) is 11.0 Å². The molecular weight excluding hydrogens is 152 g/mol. The maximum Gasteiger partial charge on any atom is 0.251 e. The number of carbonyl (C=O) groups excluding carboxylic acids is 1. The van der Waals surface area contributed by atoms with E-state index >= 15 is 0 Å². The predicted molar refractivity (Wildman–Crippen MR) is 51.4 cm³/mol. The van der Waals surface area contributed by atoms with Crippen LogP contribution in [0.4, 0.5) is 0 Å². The van der Waals surface area contributed by atoms with Crippen LogP contribution in [0.3, 0.4) is 0 Å². The van der Waals surface area contributed by atoms with Crippen LogP contribution in [0.2, 0.25) is 0 Å². The van der Waals surface area contributed by atoms with Gasteiger partial charge in [-0.3, -0.25) is 4.79 Å². The largest absolute Gasteiger partial charge is 0.329 e. The summed E-state index contributed by atoms with van der Waals surface area (Å²) in [7, 11) is 0. The first-order chi connectivity index (χ1) is 5.29. The van der Waals surface area contributed by atoms with E-state index in [0.717, 1.165) is 0 Å². The molecule has 1 rings (SSSR count). The third kappa shape index (κ3) is 1.84. The number of nitrogens with zero attached hydrogens (tertiary/aromatic N) is 1. The highest BCUT2D eigenvalue weighted by Crippen LogP contribution is 2.11. The first-order valence-electron chi connectivity index (χ1n) is 3.39. The van der Waals surface area contributed by atoms with E-state index in [9.17, 15) is 4.79 Å². The van der Waals surface area contributed by atoms with Gasteiger partial charge >= 0.3 is 0 Å². The van der Waals surface area contributed by atoms with E-state index < -0.39 is 0 Å². The van der Waals surface area contributed by atoms with Crippen LogP contribution < -0.4 is 5.73 Å². The first-order valence-corrected chi connectivity index (χ1v) is 3.39. The summed E-state index contributed by atoms with van der Waals surface area (Å²) in [6.07, 6.45) is 3.17. The Labute approximate surface area is 74.3 Å². The molecule has 0 bridgehead atoms. The number of hydrogen-bond donors (Lipinski definition) is 1. The molecule has 0 saturated heterocycles. The minimum Gasteiger partial charge on any atom is -0.329 e. The van der Waals surface area contributed by atoms with Gasteiger partial charge in [0.15, 0.2) is 0 Å². The lowest BCUT2D eigenvalue weighted by Gasteiger charge is -2.14. The van der Waals surface area contributed by atoms with Crippen molar-refractivity contribution in [1.82, 2.24) is 4.90 Å². The lowest BCUT2D eigenvalue weighted by Crippen LogP contribution is -2.29. The van der Waals surface area contributed by atoms with Crippen LogP contribution in [-0.2, 0) is 4.79 Å². The third-order valence-corrected chi connectivity index (χ3v) is 1.47. The summed E-state index contributed by atoms with van der Waals surface area (Å²) < 4.78 is 0. The molecule has 1 amide bonds. The molecule has 0 saturated carbocycles. The van der Waals surface area contributed by atoms with E-state index in [4.69, 9.17) is 5.73 Å². The molecule has 1 aliphatic heterocycles. The second-order valence-electron chi connectivity index (χ2n) is 2.17. The Balaban J connectivity index is 0. The van der Waals surface area contributed by atoms with Crippen LogP contribution in [0.25, 0.3) is 0 Å². The average molecular weight is 168 g/mol. The van der Waals surface area contributed by atoms with Crippen LogP contribution in [-0.4, -0.2) is 23.9 Å². The molecule has 0 aromatic heterocycles. The van der Waals surface area contributed by atoms with Gasteiger partial charge in [0, 0.05) is 20.6 Å². The second-order valence-corrected chi connectivity index (χ2v) is 2.17. The van der Waals surface area contributed by atoms with Crippen molar-refractivity contribution in [3.8, 4) is 0 Å². The highest BCUT2D eigenvalue weighted by molar-refractivity contribution is 5.93. The Kier molecular flexibility index (Phi) is 4.05. The molecule has 2 N–H and O–H groups in total. The highest BCUT2D eigenvalue weighted by Gasteiger charge is 2.17. The van der Waals surface area contributed by atoms with Gasteiger partial charge in [-0.2, -0.15) is 0 Å². The molecule has 0 aromatic rings. The fraction of sp³-hybridized carbons (Fsp3) is 0.333. The zero-order valence-corrected chi connectivity index (χ0v) is 6.21. The molecular formula is C9H16N2O. The van der Waals surface area contributed by atoms with Crippen molar-refractivity contribution in [1.29, 1.82) is 0 Å². The van der Waals surface area contributed by atoms with Crippen LogP contribution in [0.5, 0.6) is 0 Å². The maximum absolute atomic E-state index is 11.0. The van der Waals surface area contributed by atoms with Crippen LogP contribution in [0, 0.1) is 0 Å². The molecule has 0 aromatic carbocycles. The van der Waals surface area contributed by atoms with Gasteiger partial charge in [-0.25, -0.2) is 0 Å². The summed E-state index contributed by atoms with van der Waals surface area (Å²) in [6, 6.07) is 0. The molecule has 0 atom stereocenters. The maximum atomic E-state index is 11.0. The highest BCUT2D eigenvalue weighted by atomic mass is 16.2. The Morgan fingerprint density at radius 2 is 2.33 bits per heavy atom. The van der Waals surface area contributed by atoms with Gasteiger partial charge in [-0.05, 0) is 6.08 Å². The van der Waals surface area contributed by atoms with Gasteiger partial charge in [-0.1, -0.05) is 14.0 Å². The van der Waals surface area contributed by atoms with Crippen LogP contribution >= 0.6 is 0 Å². The van der Waals surface area contributed by atoms with Crippen LogP contribution in [0.1, 0.15) is 8.85 Å². The Hall–Kier alpha value is -1.31. The molecule has 0 fully saturated rings. The number of carbonyl (C=O) groups is 1. The van der Waals surface area contributed by atoms with Crippen molar-refractivity contribution in [2.45, 2.75) is 7.43 Å². The smallest absolute Gasteiger partial charge is 0.251 e. The quantitative estimate of drug-likeness (QED) is 0.622. The fourth-order valence-electron chi connectivity index (χ4n) is 0.963. The van der Waals surface area contributed by atoms with Crippen molar-refractivity contribution < 1.29 is 6.22 Å². The zero-order chi connectivity index (χ0) is 8.27. The molecule has 0 spiro atoms. The number of amides is 1. The van der Waals surface area contributed by atoms with Crippen molar-refractivity contribution in [3.05, 3.63) is 30.2 Å². The van der Waals surface area contributed by atoms with E-state index in [0.29, 0.717) is 18.8 Å². The van der Waals surface area contributed by atoms with E-state index in [1.807, 2.05) is 0 Å². The molecule has 1 heterocycles. The standard InChI is InChI=1S/C8H10N2O.CH4.H2/c1-2-7-3-4-8(11)10(7)6-5-9;;/h3-4H,1,5-6,9H2;1H4;1H. The number of allylic oxidation sites excluding steroid dienone is 1. The van der Waals surface area contributed by atoms with E-state index in [2.05, 4.69) is 12.3 Å². The Morgan fingerprint density at radius 1 is 1.67 bits per heavy atom. The molecule has 1 aliphatic rings. The average Bonchev–Trinajstić information content (AvgIpc) is 2.34. The third-order valence-electron chi connectivity index (χ3n) is 1.47. The Bertz CT molecular complexity index is 254. The SMILES string of the molecule is C.C=C=C1C=CC(=O)N1CCN.[HH]. The van der Waals surface area contributed by atoms with Crippen LogP contribution in [0.15, 0.2) is 30.2 Å².